The molecule has 0 aromatic heterocycles. The van der Waals surface area contributed by atoms with Gasteiger partial charge >= 0.3 is 0 Å². The third-order valence-electron chi connectivity index (χ3n) is 5.25. The van der Waals surface area contributed by atoms with Gasteiger partial charge in [0.15, 0.2) is 0 Å². The van der Waals surface area contributed by atoms with Gasteiger partial charge in [-0.05, 0) is 22.3 Å². The van der Waals surface area contributed by atoms with Gasteiger partial charge in [-0.25, -0.2) is 0 Å². The Bertz CT molecular complexity index is 1160. The second-order valence-electron chi connectivity index (χ2n) is 7.11. The van der Waals surface area contributed by atoms with Crippen LogP contribution in [-0.2, 0) is 6.42 Å². The van der Waals surface area contributed by atoms with Crippen LogP contribution in [0.4, 0.5) is 0 Å². The van der Waals surface area contributed by atoms with Gasteiger partial charge in [0.05, 0.1) is 5.71 Å². The molecule has 0 saturated heterocycles. The molecule has 0 atom stereocenters. The minimum absolute atomic E-state index is 0.741. The normalized spacial score (nSPS) is 12.4. The first-order chi connectivity index (χ1) is 14.4. The van der Waals surface area contributed by atoms with Crippen LogP contribution in [-0.4, -0.2) is 11.4 Å². The van der Waals surface area contributed by atoms with Crippen LogP contribution >= 0.6 is 0 Å². The summed E-state index contributed by atoms with van der Waals surface area (Å²) in [5.74, 6) is 0. The smallest absolute Gasteiger partial charge is 0.101 e. The molecule has 0 bridgehead atoms. The molecule has 0 heterocycles. The van der Waals surface area contributed by atoms with Crippen molar-refractivity contribution in [2.45, 2.75) is 6.42 Å². The molecule has 2 nitrogen and oxygen atoms in total. The molecule has 0 unspecified atom stereocenters. The van der Waals surface area contributed by atoms with E-state index in [1.807, 2.05) is 24.3 Å². The molecule has 29 heavy (non-hydrogen) atoms. The zero-order valence-corrected chi connectivity index (χ0v) is 16.0. The summed E-state index contributed by atoms with van der Waals surface area (Å²) in [7, 11) is 0. The van der Waals surface area contributed by atoms with E-state index in [0.717, 1.165) is 34.5 Å². The fourth-order valence-electron chi connectivity index (χ4n) is 3.83. The zero-order valence-electron chi connectivity index (χ0n) is 16.0. The Balaban J connectivity index is 1.62. The monoisotopic (exact) mass is 372 g/mol. The molecular formula is C27H20N2. The molecule has 0 spiro atoms. The lowest BCUT2D eigenvalue weighted by Crippen LogP contribution is -2.06. The topological polar surface area (TPSA) is 24.7 Å². The lowest BCUT2D eigenvalue weighted by molar-refractivity contribution is 1.18. The molecule has 2 heteroatoms. The van der Waals surface area contributed by atoms with Crippen molar-refractivity contribution < 1.29 is 0 Å². The molecule has 4 aromatic rings. The summed E-state index contributed by atoms with van der Waals surface area (Å²) < 4.78 is 0. The van der Waals surface area contributed by atoms with Gasteiger partial charge in [0.1, 0.15) is 5.71 Å². The first-order valence-corrected chi connectivity index (χ1v) is 9.83. The van der Waals surface area contributed by atoms with Crippen molar-refractivity contribution in [1.29, 1.82) is 0 Å². The summed E-state index contributed by atoms with van der Waals surface area (Å²) in [4.78, 5) is 0. The first kappa shape index (κ1) is 17.3. The molecule has 1 aliphatic carbocycles. The van der Waals surface area contributed by atoms with Crippen molar-refractivity contribution in [3.63, 3.8) is 0 Å². The summed E-state index contributed by atoms with van der Waals surface area (Å²) in [6.45, 7) is 0. The van der Waals surface area contributed by atoms with Crippen LogP contribution in [0.25, 0.3) is 11.1 Å². The van der Waals surface area contributed by atoms with Crippen molar-refractivity contribution in [3.8, 4) is 11.1 Å². The van der Waals surface area contributed by atoms with Gasteiger partial charge < -0.3 is 0 Å². The van der Waals surface area contributed by atoms with Crippen LogP contribution in [0.5, 0.6) is 0 Å². The highest BCUT2D eigenvalue weighted by Gasteiger charge is 2.24. The van der Waals surface area contributed by atoms with E-state index < -0.39 is 0 Å². The lowest BCUT2D eigenvalue weighted by Gasteiger charge is -2.06. The van der Waals surface area contributed by atoms with E-state index in [-0.39, 0.29) is 0 Å². The van der Waals surface area contributed by atoms with Gasteiger partial charge in [-0.15, -0.1) is 5.10 Å². The minimum Gasteiger partial charge on any atom is -0.154 e. The molecule has 4 aromatic carbocycles. The summed E-state index contributed by atoms with van der Waals surface area (Å²) in [5, 5.41) is 9.56. The fraction of sp³-hybridized carbons (Fsp3) is 0.0370. The van der Waals surface area contributed by atoms with Crippen LogP contribution in [0.1, 0.15) is 22.3 Å². The molecule has 0 fully saturated rings. The highest BCUT2D eigenvalue weighted by atomic mass is 15.2. The highest BCUT2D eigenvalue weighted by molar-refractivity contribution is 6.24. The van der Waals surface area contributed by atoms with Crippen molar-refractivity contribution in [3.05, 3.63) is 131 Å². The fourth-order valence-corrected chi connectivity index (χ4v) is 3.83. The Hall–Kier alpha value is -3.78. The number of hydrogen-bond donors (Lipinski definition) is 0. The van der Waals surface area contributed by atoms with Crippen molar-refractivity contribution in [2.24, 2.45) is 10.2 Å². The van der Waals surface area contributed by atoms with Gasteiger partial charge in [0, 0.05) is 17.5 Å². The van der Waals surface area contributed by atoms with E-state index in [2.05, 4.69) is 84.9 Å². The Morgan fingerprint density at radius 3 is 1.59 bits per heavy atom. The quantitative estimate of drug-likeness (QED) is 0.267. The lowest BCUT2D eigenvalue weighted by atomic mass is 10.0. The third kappa shape index (κ3) is 3.41. The number of hydrogen-bond acceptors (Lipinski definition) is 2. The van der Waals surface area contributed by atoms with E-state index >= 15 is 0 Å². The van der Waals surface area contributed by atoms with Gasteiger partial charge in [-0.3, -0.25) is 0 Å². The van der Waals surface area contributed by atoms with Crippen LogP contribution in [0, 0.1) is 0 Å². The number of benzene rings is 4. The summed E-state index contributed by atoms with van der Waals surface area (Å²) in [6, 6.07) is 37.6. The molecular weight excluding hydrogens is 352 g/mol. The van der Waals surface area contributed by atoms with Crippen LogP contribution in [0.15, 0.2) is 119 Å². The highest BCUT2D eigenvalue weighted by Crippen LogP contribution is 2.36. The van der Waals surface area contributed by atoms with Crippen LogP contribution in [0.2, 0.25) is 0 Å². The Morgan fingerprint density at radius 1 is 0.517 bits per heavy atom. The molecule has 0 radical (unpaired) electrons. The van der Waals surface area contributed by atoms with Crippen molar-refractivity contribution >= 4 is 11.4 Å². The second kappa shape index (κ2) is 7.69. The van der Waals surface area contributed by atoms with Crippen molar-refractivity contribution in [1.82, 2.24) is 0 Å². The van der Waals surface area contributed by atoms with E-state index in [0.29, 0.717) is 0 Å². The van der Waals surface area contributed by atoms with Gasteiger partial charge in [0.25, 0.3) is 0 Å². The molecule has 138 valence electrons. The largest absolute Gasteiger partial charge is 0.154 e. The maximum absolute atomic E-state index is 4.78. The molecule has 0 saturated carbocycles. The summed E-state index contributed by atoms with van der Waals surface area (Å²) >= 11 is 0. The first-order valence-electron chi connectivity index (χ1n) is 9.83. The van der Waals surface area contributed by atoms with Crippen LogP contribution in [0.3, 0.4) is 0 Å². The number of fused-ring (bicyclic) bond motifs is 3. The maximum atomic E-state index is 4.78. The Morgan fingerprint density at radius 2 is 1.00 bits per heavy atom. The van der Waals surface area contributed by atoms with E-state index in [4.69, 9.17) is 10.2 Å². The molecule has 1 aliphatic rings. The zero-order chi connectivity index (χ0) is 19.5. The van der Waals surface area contributed by atoms with E-state index in [1.165, 1.54) is 16.7 Å². The van der Waals surface area contributed by atoms with Crippen LogP contribution < -0.4 is 0 Å². The van der Waals surface area contributed by atoms with E-state index in [1.54, 1.807) is 0 Å². The standard InChI is InChI=1S/C27H20N2/c1-3-11-20(12-4-1)19-26(21-13-5-2-6-14-21)28-29-27-24-17-9-7-15-22(24)23-16-8-10-18-25(23)27/h1-18H,19H2. The van der Waals surface area contributed by atoms with Gasteiger partial charge in [-0.1, -0.05) is 109 Å². The average Bonchev–Trinajstić information content (AvgIpc) is 3.12. The van der Waals surface area contributed by atoms with Gasteiger partial charge in [-0.2, -0.15) is 5.10 Å². The minimum atomic E-state index is 0.741. The van der Waals surface area contributed by atoms with Gasteiger partial charge in [0.2, 0.25) is 0 Å². The number of nitrogens with zero attached hydrogens (tertiary/aromatic N) is 2. The Labute approximate surface area is 170 Å². The molecule has 0 amide bonds. The van der Waals surface area contributed by atoms with E-state index in [9.17, 15) is 0 Å². The molecule has 0 N–H and O–H groups in total. The maximum Gasteiger partial charge on any atom is 0.101 e. The third-order valence-corrected chi connectivity index (χ3v) is 5.25. The number of rotatable bonds is 4. The second-order valence-corrected chi connectivity index (χ2v) is 7.11. The predicted molar refractivity (Wildman–Crippen MR) is 121 cm³/mol. The van der Waals surface area contributed by atoms with Crippen molar-refractivity contribution in [2.75, 3.05) is 0 Å². The molecule has 0 aliphatic heterocycles. The molecule has 5 rings (SSSR count). The summed E-state index contributed by atoms with van der Waals surface area (Å²) in [5.41, 5.74) is 8.96. The SMILES string of the molecule is c1ccc(CC(=NN=C2c3ccccc3-c3ccccc32)c2ccccc2)cc1. The Kier molecular flexibility index (Phi) is 4.59. The summed E-state index contributed by atoms with van der Waals surface area (Å²) in [6.07, 6.45) is 0.741. The predicted octanol–water partition coefficient (Wildman–Crippen LogP) is 6.15. The average molecular weight is 372 g/mol.